The van der Waals surface area contributed by atoms with Gasteiger partial charge in [0.25, 0.3) is 0 Å². The molecule has 0 radical (unpaired) electrons. The van der Waals surface area contributed by atoms with Crippen LogP contribution in [0.1, 0.15) is 25.7 Å². The van der Waals surface area contributed by atoms with Gasteiger partial charge >= 0.3 is 0 Å². The van der Waals surface area contributed by atoms with Crippen molar-refractivity contribution in [2.75, 3.05) is 50.0 Å². The highest BCUT2D eigenvalue weighted by Crippen LogP contribution is 2.24. The first-order valence-electron chi connectivity index (χ1n) is 12.3. The Balaban J connectivity index is 1.15. The van der Waals surface area contributed by atoms with E-state index in [-0.39, 0.29) is 37.1 Å². The zero-order chi connectivity index (χ0) is 24.3. The predicted molar refractivity (Wildman–Crippen MR) is 134 cm³/mol. The maximum absolute atomic E-state index is 12.1. The number of amides is 2. The van der Waals surface area contributed by atoms with Crippen molar-refractivity contribution in [3.05, 3.63) is 48.5 Å². The van der Waals surface area contributed by atoms with Gasteiger partial charge in [0.05, 0.1) is 25.3 Å². The van der Waals surface area contributed by atoms with Crippen LogP contribution in [0.15, 0.2) is 48.5 Å². The highest BCUT2D eigenvalue weighted by Gasteiger charge is 2.16. The Hall–Kier alpha value is -2.98. The summed E-state index contributed by atoms with van der Waals surface area (Å²) in [7, 11) is 0. The van der Waals surface area contributed by atoms with Gasteiger partial charge in [0.15, 0.2) is 0 Å². The van der Waals surface area contributed by atoms with Crippen LogP contribution in [0.4, 0.5) is 11.4 Å². The molecule has 35 heavy (non-hydrogen) atoms. The number of benzene rings is 2. The summed E-state index contributed by atoms with van der Waals surface area (Å²) < 4.78 is 16.9. The summed E-state index contributed by atoms with van der Waals surface area (Å²) in [6, 6.07) is 14.4. The Bertz CT molecular complexity index is 862. The van der Waals surface area contributed by atoms with Gasteiger partial charge in [-0.15, -0.1) is 0 Å². The molecule has 4 N–H and O–H groups in total. The minimum absolute atomic E-state index is 0.101. The van der Waals surface area contributed by atoms with E-state index in [4.69, 9.17) is 14.2 Å². The fraction of sp³-hybridized carbons (Fsp3) is 0.462. The molecule has 9 heteroatoms. The number of hydrogen-bond donors (Lipinski definition) is 4. The molecule has 0 spiro atoms. The molecule has 4 rings (SSSR count). The van der Waals surface area contributed by atoms with Crippen molar-refractivity contribution >= 4 is 23.2 Å². The number of anilines is 2. The van der Waals surface area contributed by atoms with Crippen LogP contribution in [0.2, 0.25) is 0 Å². The van der Waals surface area contributed by atoms with E-state index in [1.807, 2.05) is 0 Å². The maximum Gasteiger partial charge on any atom is 0.238 e. The topological polar surface area (TPSA) is 110 Å². The average molecular weight is 483 g/mol. The molecule has 2 aromatic carbocycles. The second-order valence-electron chi connectivity index (χ2n) is 8.78. The second kappa shape index (κ2) is 13.2. The first-order chi connectivity index (χ1) is 17.1. The van der Waals surface area contributed by atoms with Crippen molar-refractivity contribution in [2.45, 2.75) is 37.9 Å². The first kappa shape index (κ1) is 25.1. The van der Waals surface area contributed by atoms with Crippen LogP contribution in [0.3, 0.4) is 0 Å². The molecule has 0 unspecified atom stereocenters. The van der Waals surface area contributed by atoms with Crippen molar-refractivity contribution in [3.8, 4) is 11.5 Å². The lowest BCUT2D eigenvalue weighted by Gasteiger charge is -2.12. The Morgan fingerprint density at radius 1 is 0.714 bits per heavy atom. The third-order valence-electron chi connectivity index (χ3n) is 5.87. The van der Waals surface area contributed by atoms with Crippen LogP contribution in [-0.4, -0.2) is 63.4 Å². The number of nitrogens with one attached hydrogen (secondary N) is 4. The molecule has 188 valence electrons. The summed E-state index contributed by atoms with van der Waals surface area (Å²) in [6.45, 7) is 3.48. The summed E-state index contributed by atoms with van der Waals surface area (Å²) in [5.41, 5.74) is 1.40. The second-order valence-corrected chi connectivity index (χ2v) is 8.78. The van der Waals surface area contributed by atoms with E-state index in [2.05, 4.69) is 21.3 Å². The quantitative estimate of drug-likeness (QED) is 0.368. The summed E-state index contributed by atoms with van der Waals surface area (Å²) in [5, 5.41) is 12.0. The zero-order valence-corrected chi connectivity index (χ0v) is 19.9. The number of carbonyl (C=O) groups excluding carboxylic acids is 2. The van der Waals surface area contributed by atoms with E-state index < -0.39 is 0 Å². The maximum atomic E-state index is 12.1. The van der Waals surface area contributed by atoms with Gasteiger partial charge in [-0.2, -0.15) is 0 Å². The normalized spacial score (nSPS) is 19.4. The fourth-order valence-corrected chi connectivity index (χ4v) is 4.06. The summed E-state index contributed by atoms with van der Waals surface area (Å²) in [6.07, 6.45) is 4.68. The highest BCUT2D eigenvalue weighted by atomic mass is 16.5. The molecular weight excluding hydrogens is 448 g/mol. The highest BCUT2D eigenvalue weighted by molar-refractivity contribution is 5.92. The van der Waals surface area contributed by atoms with Gasteiger partial charge in [-0.05, 0) is 74.2 Å². The monoisotopic (exact) mass is 482 g/mol. The first-order valence-corrected chi connectivity index (χ1v) is 12.3. The number of ether oxygens (including phenoxy) is 3. The van der Waals surface area contributed by atoms with Gasteiger partial charge in [0.2, 0.25) is 11.8 Å². The van der Waals surface area contributed by atoms with E-state index in [0.717, 1.165) is 38.9 Å². The standard InChI is InChI=1S/C26H34N4O5/c31-25(17-27-15-23-3-1-13-33-23)29-19-5-9-21(10-6-19)35-22-11-7-20(8-12-22)30-26(32)18-28-16-24-4-2-14-34-24/h5-12,23-24,27-28H,1-4,13-18H2,(H,29,31)(H,30,32)/t23-,24-/m0/s1. The molecule has 0 bridgehead atoms. The minimum atomic E-state index is -0.101. The van der Waals surface area contributed by atoms with E-state index in [0.29, 0.717) is 36.0 Å². The van der Waals surface area contributed by atoms with Gasteiger partial charge in [-0.3, -0.25) is 9.59 Å². The molecule has 2 fully saturated rings. The summed E-state index contributed by atoms with van der Waals surface area (Å²) >= 11 is 0. The number of rotatable bonds is 12. The van der Waals surface area contributed by atoms with Gasteiger partial charge in [-0.1, -0.05) is 0 Å². The van der Waals surface area contributed by atoms with Crippen LogP contribution in [0, 0.1) is 0 Å². The lowest BCUT2D eigenvalue weighted by Crippen LogP contribution is -2.33. The average Bonchev–Trinajstić information content (AvgIpc) is 3.56. The Kier molecular flexibility index (Phi) is 9.47. The number of hydrogen-bond acceptors (Lipinski definition) is 7. The molecule has 2 amide bonds. The molecule has 9 nitrogen and oxygen atoms in total. The van der Waals surface area contributed by atoms with Crippen molar-refractivity contribution in [1.29, 1.82) is 0 Å². The lowest BCUT2D eigenvalue weighted by molar-refractivity contribution is -0.116. The molecule has 2 heterocycles. The Morgan fingerprint density at radius 2 is 1.14 bits per heavy atom. The van der Waals surface area contributed by atoms with Crippen LogP contribution in [0.25, 0.3) is 0 Å². The van der Waals surface area contributed by atoms with Gasteiger partial charge in [-0.25, -0.2) is 0 Å². The largest absolute Gasteiger partial charge is 0.457 e. The lowest BCUT2D eigenvalue weighted by atomic mass is 10.2. The van der Waals surface area contributed by atoms with Crippen LogP contribution < -0.4 is 26.0 Å². The van der Waals surface area contributed by atoms with Crippen LogP contribution in [-0.2, 0) is 19.1 Å². The molecule has 0 aliphatic carbocycles. The molecule has 2 aliphatic rings. The van der Waals surface area contributed by atoms with Crippen molar-refractivity contribution in [2.24, 2.45) is 0 Å². The third-order valence-corrected chi connectivity index (χ3v) is 5.87. The van der Waals surface area contributed by atoms with Crippen molar-refractivity contribution in [1.82, 2.24) is 10.6 Å². The number of carbonyl (C=O) groups is 2. The minimum Gasteiger partial charge on any atom is -0.457 e. The Morgan fingerprint density at radius 3 is 1.51 bits per heavy atom. The van der Waals surface area contributed by atoms with Crippen LogP contribution >= 0.6 is 0 Å². The SMILES string of the molecule is O=C(CNC[C@@H]1CCCO1)Nc1ccc(Oc2ccc(NC(=O)CNC[C@@H]3CCCO3)cc2)cc1. The molecular formula is C26H34N4O5. The van der Waals surface area contributed by atoms with Crippen molar-refractivity contribution in [3.63, 3.8) is 0 Å². The Labute approximate surface area is 205 Å². The third kappa shape index (κ3) is 8.63. The van der Waals surface area contributed by atoms with E-state index >= 15 is 0 Å². The molecule has 2 saturated heterocycles. The van der Waals surface area contributed by atoms with E-state index in [1.165, 1.54) is 0 Å². The molecule has 2 atom stereocenters. The molecule has 2 aromatic rings. The van der Waals surface area contributed by atoms with Gasteiger partial charge in [0, 0.05) is 37.7 Å². The molecule has 0 saturated carbocycles. The van der Waals surface area contributed by atoms with E-state index in [9.17, 15) is 9.59 Å². The van der Waals surface area contributed by atoms with E-state index in [1.54, 1.807) is 48.5 Å². The van der Waals surface area contributed by atoms with Crippen molar-refractivity contribution < 1.29 is 23.8 Å². The van der Waals surface area contributed by atoms with Gasteiger partial charge in [0.1, 0.15) is 11.5 Å². The molecule has 0 aromatic heterocycles. The summed E-state index contributed by atoms with van der Waals surface area (Å²) in [5.74, 6) is 1.09. The van der Waals surface area contributed by atoms with Gasteiger partial charge < -0.3 is 35.5 Å². The predicted octanol–water partition coefficient (Wildman–Crippen LogP) is 2.89. The summed E-state index contributed by atoms with van der Waals surface area (Å²) in [4.78, 5) is 24.2. The van der Waals surface area contributed by atoms with Crippen LogP contribution in [0.5, 0.6) is 11.5 Å². The fourth-order valence-electron chi connectivity index (χ4n) is 4.06. The zero-order valence-electron chi connectivity index (χ0n) is 19.9. The smallest absolute Gasteiger partial charge is 0.238 e. The molecule has 2 aliphatic heterocycles.